The van der Waals surface area contributed by atoms with Crippen LogP contribution in [0.5, 0.6) is 0 Å². The number of hydrogen-bond acceptors (Lipinski definition) is 3. The van der Waals surface area contributed by atoms with Crippen LogP contribution in [0.25, 0.3) is 11.1 Å². The fraction of sp³-hybridized carbons (Fsp3) is 0.481. The van der Waals surface area contributed by atoms with Gasteiger partial charge in [0.15, 0.2) is 5.58 Å². The zero-order valence-electron chi connectivity index (χ0n) is 20.0. The van der Waals surface area contributed by atoms with Gasteiger partial charge in [0.25, 0.3) is 5.91 Å². The second-order valence-corrected chi connectivity index (χ2v) is 10.1. The summed E-state index contributed by atoms with van der Waals surface area (Å²) in [5.41, 5.74) is 3.87. The Morgan fingerprint density at radius 2 is 1.79 bits per heavy atom. The standard InChI is InChI=1S/C27H33N3O3/c1-17-11-12-18(2)21(13-17)30-25(31)23-15-24-22(14-19(3)33-24)29(23)16-27(30,4)26(32)28-20-9-7-5-6-8-10-20/h11-15,20H,5-10,16H2,1-4H3,(H,28,32). The highest BCUT2D eigenvalue weighted by Gasteiger charge is 2.49. The predicted molar refractivity (Wildman–Crippen MR) is 130 cm³/mol. The molecule has 1 fully saturated rings. The van der Waals surface area contributed by atoms with Gasteiger partial charge in [0.2, 0.25) is 5.91 Å². The van der Waals surface area contributed by atoms with Gasteiger partial charge in [-0.15, -0.1) is 0 Å². The molecule has 2 aliphatic rings. The van der Waals surface area contributed by atoms with E-state index in [1.54, 1.807) is 4.90 Å². The van der Waals surface area contributed by atoms with E-state index in [1.165, 1.54) is 12.8 Å². The van der Waals surface area contributed by atoms with Crippen molar-refractivity contribution in [2.24, 2.45) is 0 Å². The SMILES string of the molecule is Cc1ccc(C)c(N2C(=O)c3cc4oc(C)cc4n3CC2(C)C(=O)NC2CCCCCC2)c1. The third kappa shape index (κ3) is 3.65. The maximum absolute atomic E-state index is 14.0. The summed E-state index contributed by atoms with van der Waals surface area (Å²) < 4.78 is 7.79. The van der Waals surface area contributed by atoms with Crippen molar-refractivity contribution in [1.29, 1.82) is 0 Å². The van der Waals surface area contributed by atoms with E-state index < -0.39 is 5.54 Å². The Morgan fingerprint density at radius 1 is 1.06 bits per heavy atom. The number of fused-ring (bicyclic) bond motifs is 3. The number of hydrogen-bond donors (Lipinski definition) is 1. The Bertz CT molecular complexity index is 1230. The van der Waals surface area contributed by atoms with Crippen LogP contribution in [0.15, 0.2) is 34.7 Å². The molecule has 3 aromatic rings. The molecule has 6 nitrogen and oxygen atoms in total. The predicted octanol–water partition coefficient (Wildman–Crippen LogP) is 5.42. The lowest BCUT2D eigenvalue weighted by Gasteiger charge is -2.45. The molecule has 0 radical (unpaired) electrons. The van der Waals surface area contributed by atoms with Crippen molar-refractivity contribution < 1.29 is 14.0 Å². The Morgan fingerprint density at radius 3 is 2.52 bits per heavy atom. The number of amides is 2. The molecule has 2 aromatic heterocycles. The number of aryl methyl sites for hydroxylation is 3. The Balaban J connectivity index is 1.62. The van der Waals surface area contributed by atoms with E-state index in [4.69, 9.17) is 4.42 Å². The van der Waals surface area contributed by atoms with Gasteiger partial charge >= 0.3 is 0 Å². The zero-order valence-corrected chi connectivity index (χ0v) is 20.0. The fourth-order valence-corrected chi connectivity index (χ4v) is 5.50. The van der Waals surface area contributed by atoms with Gasteiger partial charge in [-0.25, -0.2) is 0 Å². The highest BCUT2D eigenvalue weighted by atomic mass is 16.3. The van der Waals surface area contributed by atoms with Gasteiger partial charge in [0.05, 0.1) is 12.1 Å². The van der Waals surface area contributed by atoms with E-state index in [1.807, 2.05) is 62.6 Å². The third-order valence-electron chi connectivity index (χ3n) is 7.38. The van der Waals surface area contributed by atoms with E-state index in [9.17, 15) is 9.59 Å². The van der Waals surface area contributed by atoms with E-state index >= 15 is 0 Å². The van der Waals surface area contributed by atoms with Crippen LogP contribution in [-0.4, -0.2) is 28.0 Å². The second kappa shape index (κ2) is 8.08. The summed E-state index contributed by atoms with van der Waals surface area (Å²) in [7, 11) is 0. The topological polar surface area (TPSA) is 67.5 Å². The quantitative estimate of drug-likeness (QED) is 0.545. The molecule has 33 heavy (non-hydrogen) atoms. The Hall–Kier alpha value is -3.02. The molecule has 1 aromatic carbocycles. The van der Waals surface area contributed by atoms with E-state index in [0.717, 1.165) is 53.8 Å². The van der Waals surface area contributed by atoms with Gasteiger partial charge in [-0.1, -0.05) is 37.8 Å². The first-order chi connectivity index (χ1) is 15.8. The summed E-state index contributed by atoms with van der Waals surface area (Å²) in [6.45, 7) is 8.19. The van der Waals surface area contributed by atoms with Crippen molar-refractivity contribution >= 4 is 28.6 Å². The molecule has 5 rings (SSSR count). The fourth-order valence-electron chi connectivity index (χ4n) is 5.50. The minimum Gasteiger partial charge on any atom is -0.460 e. The summed E-state index contributed by atoms with van der Waals surface area (Å²) in [5, 5.41) is 3.33. The van der Waals surface area contributed by atoms with Gasteiger partial charge in [0.1, 0.15) is 17.0 Å². The third-order valence-corrected chi connectivity index (χ3v) is 7.38. The molecule has 3 heterocycles. The lowest BCUT2D eigenvalue weighted by Crippen LogP contribution is -2.65. The number of nitrogens with zero attached hydrogens (tertiary/aromatic N) is 2. The first kappa shape index (κ1) is 21.8. The summed E-state index contributed by atoms with van der Waals surface area (Å²) in [6.07, 6.45) is 6.72. The van der Waals surface area contributed by atoms with Crippen LogP contribution >= 0.6 is 0 Å². The minimum absolute atomic E-state index is 0.0867. The van der Waals surface area contributed by atoms with Crippen LogP contribution in [-0.2, 0) is 11.3 Å². The summed E-state index contributed by atoms with van der Waals surface area (Å²) in [5.74, 6) is 0.540. The summed E-state index contributed by atoms with van der Waals surface area (Å²) >= 11 is 0. The van der Waals surface area contributed by atoms with Crippen molar-refractivity contribution in [3.05, 3.63) is 52.9 Å². The monoisotopic (exact) mass is 447 g/mol. The van der Waals surface area contributed by atoms with E-state index in [-0.39, 0.29) is 17.9 Å². The molecule has 174 valence electrons. The average molecular weight is 448 g/mol. The van der Waals surface area contributed by atoms with Gasteiger partial charge in [-0.2, -0.15) is 0 Å². The second-order valence-electron chi connectivity index (χ2n) is 10.1. The van der Waals surface area contributed by atoms with Crippen molar-refractivity contribution in [3.63, 3.8) is 0 Å². The van der Waals surface area contributed by atoms with Gasteiger partial charge in [0, 0.05) is 23.9 Å². The molecule has 1 N–H and O–H groups in total. The number of rotatable bonds is 3. The number of aromatic nitrogens is 1. The highest BCUT2D eigenvalue weighted by molar-refractivity contribution is 6.14. The number of carbonyl (C=O) groups is 2. The van der Waals surface area contributed by atoms with Crippen LogP contribution in [0.3, 0.4) is 0 Å². The zero-order chi connectivity index (χ0) is 23.3. The van der Waals surface area contributed by atoms with Crippen molar-refractivity contribution in [3.8, 4) is 0 Å². The van der Waals surface area contributed by atoms with Crippen LogP contribution in [0, 0.1) is 20.8 Å². The molecule has 6 heteroatoms. The Labute approximate surface area is 194 Å². The number of nitrogens with one attached hydrogen (secondary N) is 1. The van der Waals surface area contributed by atoms with Gasteiger partial charge < -0.3 is 14.3 Å². The molecule has 2 amide bonds. The number of anilines is 1. The molecule has 1 aliphatic carbocycles. The number of carbonyl (C=O) groups excluding carboxylic acids is 2. The first-order valence-electron chi connectivity index (χ1n) is 12.1. The van der Waals surface area contributed by atoms with Crippen molar-refractivity contribution in [1.82, 2.24) is 9.88 Å². The summed E-state index contributed by atoms with van der Waals surface area (Å²) in [6, 6.07) is 9.99. The molecule has 0 spiro atoms. The first-order valence-corrected chi connectivity index (χ1v) is 12.1. The van der Waals surface area contributed by atoms with Crippen LogP contribution in [0.1, 0.15) is 72.8 Å². The van der Waals surface area contributed by atoms with Crippen LogP contribution < -0.4 is 10.2 Å². The van der Waals surface area contributed by atoms with Crippen molar-refractivity contribution in [2.75, 3.05) is 4.90 Å². The smallest absolute Gasteiger partial charge is 0.276 e. The lowest BCUT2D eigenvalue weighted by molar-refractivity contribution is -0.127. The van der Waals surface area contributed by atoms with Crippen LogP contribution in [0.4, 0.5) is 5.69 Å². The maximum Gasteiger partial charge on any atom is 0.276 e. The van der Waals surface area contributed by atoms with E-state index in [0.29, 0.717) is 17.8 Å². The molecule has 1 atom stereocenters. The minimum atomic E-state index is -1.06. The van der Waals surface area contributed by atoms with Crippen molar-refractivity contribution in [2.45, 2.75) is 84.3 Å². The molecular weight excluding hydrogens is 414 g/mol. The molecule has 1 unspecified atom stereocenters. The number of furan rings is 1. The molecule has 1 saturated carbocycles. The Kier molecular flexibility index (Phi) is 5.34. The number of benzene rings is 1. The highest BCUT2D eigenvalue weighted by Crippen LogP contribution is 2.38. The largest absolute Gasteiger partial charge is 0.460 e. The molecular formula is C27H33N3O3. The maximum atomic E-state index is 14.0. The molecule has 0 bridgehead atoms. The normalized spacial score (nSPS) is 21.8. The molecule has 0 saturated heterocycles. The van der Waals surface area contributed by atoms with Gasteiger partial charge in [-0.05, 0) is 57.7 Å². The van der Waals surface area contributed by atoms with Crippen LogP contribution in [0.2, 0.25) is 0 Å². The summed E-state index contributed by atoms with van der Waals surface area (Å²) in [4.78, 5) is 29.7. The lowest BCUT2D eigenvalue weighted by atomic mass is 9.91. The van der Waals surface area contributed by atoms with Gasteiger partial charge in [-0.3, -0.25) is 14.5 Å². The average Bonchev–Trinajstić information content (AvgIpc) is 3.16. The molecule has 1 aliphatic heterocycles. The van der Waals surface area contributed by atoms with E-state index in [2.05, 4.69) is 5.32 Å².